The first-order chi connectivity index (χ1) is 16.2. The molecule has 4 aromatic rings. The van der Waals surface area contributed by atoms with E-state index >= 15 is 0 Å². The smallest absolute Gasteiger partial charge is 0.493 e. The third-order valence-corrected chi connectivity index (χ3v) is 4.87. The van der Waals surface area contributed by atoms with E-state index in [1.165, 1.54) is 41.1 Å². The molecule has 1 fully saturated rings. The van der Waals surface area contributed by atoms with Crippen molar-refractivity contribution in [2.24, 2.45) is 4.99 Å². The highest BCUT2D eigenvalue weighted by Gasteiger charge is 2.31. The summed E-state index contributed by atoms with van der Waals surface area (Å²) in [7, 11) is 0. The highest BCUT2D eigenvalue weighted by Crippen LogP contribution is 2.23. The van der Waals surface area contributed by atoms with Crippen LogP contribution in [0.15, 0.2) is 40.2 Å². The van der Waals surface area contributed by atoms with Gasteiger partial charge in [0.2, 0.25) is 11.8 Å². The van der Waals surface area contributed by atoms with Gasteiger partial charge in [-0.2, -0.15) is 19.6 Å². The molecule has 14 heteroatoms. The molecule has 5 rings (SSSR count). The predicted octanol–water partition coefficient (Wildman–Crippen LogP) is 0.968. The van der Waals surface area contributed by atoms with Crippen molar-refractivity contribution in [1.82, 2.24) is 29.5 Å². The Hall–Kier alpha value is -4.36. The number of fused-ring (bicyclic) bond motifs is 1. The summed E-state index contributed by atoms with van der Waals surface area (Å²) in [6.07, 6.45) is 0.143. The molecule has 1 aromatic carbocycles. The van der Waals surface area contributed by atoms with Gasteiger partial charge in [-0.3, -0.25) is 4.98 Å². The van der Waals surface area contributed by atoms with Crippen LogP contribution in [0.2, 0.25) is 0 Å². The number of halogens is 3. The number of anilines is 1. The van der Waals surface area contributed by atoms with Gasteiger partial charge in [-0.25, -0.2) is 9.79 Å². The molecule has 0 radical (unpaired) electrons. The molecule has 3 aromatic heterocycles. The maximum atomic E-state index is 12.3. The fourth-order valence-electron chi connectivity index (χ4n) is 3.15. The Balaban J connectivity index is 1.46. The van der Waals surface area contributed by atoms with E-state index in [4.69, 9.17) is 0 Å². The summed E-state index contributed by atoms with van der Waals surface area (Å²) in [5, 5.41) is 17.7. The average Bonchev–Trinajstić information content (AvgIpc) is 3.40. The number of hydrogen-bond donors (Lipinski definition) is 4. The summed E-state index contributed by atoms with van der Waals surface area (Å²) in [6, 6.07) is 5.57. The van der Waals surface area contributed by atoms with Gasteiger partial charge in [-0.05, 0) is 36.6 Å². The SMILES string of the molecule is O=c1[nH]c(O)c(/C=c2\cnn3c(=NC4CC4)nc(NCc4ccc(OC(F)(F)F)cc4)nc23)[nH]1. The first-order valence-corrected chi connectivity index (χ1v) is 10.1. The van der Waals surface area contributed by atoms with E-state index in [1.54, 1.807) is 0 Å². The minimum absolute atomic E-state index is 0.147. The van der Waals surface area contributed by atoms with Gasteiger partial charge in [0.15, 0.2) is 5.65 Å². The zero-order valence-electron chi connectivity index (χ0n) is 17.3. The highest BCUT2D eigenvalue weighted by molar-refractivity contribution is 5.57. The van der Waals surface area contributed by atoms with E-state index < -0.39 is 12.1 Å². The molecule has 1 aliphatic rings. The van der Waals surface area contributed by atoms with Gasteiger partial charge in [-0.15, -0.1) is 13.2 Å². The first-order valence-electron chi connectivity index (χ1n) is 10.1. The lowest BCUT2D eigenvalue weighted by molar-refractivity contribution is -0.274. The second-order valence-corrected chi connectivity index (χ2v) is 7.57. The Morgan fingerprint density at radius 2 is 2.00 bits per heavy atom. The number of ether oxygens (including phenoxy) is 1. The molecular weight excluding hydrogens is 457 g/mol. The fraction of sp³-hybridized carbons (Fsp3) is 0.250. The number of hydrogen-bond acceptors (Lipinski definition) is 8. The van der Waals surface area contributed by atoms with Gasteiger partial charge in [0.25, 0.3) is 5.62 Å². The summed E-state index contributed by atoms with van der Waals surface area (Å²) >= 11 is 0. The molecule has 4 N–H and O–H groups in total. The first kappa shape index (κ1) is 21.5. The van der Waals surface area contributed by atoms with Crippen LogP contribution in [0.25, 0.3) is 11.7 Å². The van der Waals surface area contributed by atoms with Crippen molar-refractivity contribution in [2.75, 3.05) is 5.32 Å². The number of aromatic hydroxyl groups is 1. The van der Waals surface area contributed by atoms with Crippen molar-refractivity contribution in [3.63, 3.8) is 0 Å². The molecule has 0 saturated heterocycles. The van der Waals surface area contributed by atoms with Gasteiger partial charge in [-0.1, -0.05) is 12.1 Å². The Kier molecular flexibility index (Phi) is 5.18. The summed E-state index contributed by atoms with van der Waals surface area (Å²) in [5.41, 5.74) is 0.986. The number of aromatic amines is 2. The van der Waals surface area contributed by atoms with Crippen LogP contribution in [0.3, 0.4) is 0 Å². The fourth-order valence-corrected chi connectivity index (χ4v) is 3.15. The van der Waals surface area contributed by atoms with Crippen LogP contribution in [0.5, 0.6) is 11.6 Å². The molecule has 0 unspecified atom stereocenters. The van der Waals surface area contributed by atoms with E-state index in [-0.39, 0.29) is 35.9 Å². The van der Waals surface area contributed by atoms with Crippen LogP contribution >= 0.6 is 0 Å². The maximum absolute atomic E-state index is 12.3. The molecule has 1 aliphatic carbocycles. The second kappa shape index (κ2) is 8.20. The summed E-state index contributed by atoms with van der Waals surface area (Å²) in [5.74, 6) is -0.410. The number of nitrogens with one attached hydrogen (secondary N) is 3. The summed E-state index contributed by atoms with van der Waals surface area (Å²) < 4.78 is 42.3. The van der Waals surface area contributed by atoms with Crippen LogP contribution in [-0.4, -0.2) is 47.1 Å². The molecule has 11 nitrogen and oxygen atoms in total. The molecule has 0 atom stereocenters. The Morgan fingerprint density at radius 1 is 1.24 bits per heavy atom. The largest absolute Gasteiger partial charge is 0.573 e. The molecule has 1 saturated carbocycles. The maximum Gasteiger partial charge on any atom is 0.573 e. The van der Waals surface area contributed by atoms with E-state index in [0.717, 1.165) is 12.8 Å². The standard InChI is InChI=1S/C20H17F3N8O3/c21-20(22,23)34-13-5-1-10(2-6-13)8-24-17-28-15-11(7-14-16(32)29-19(33)27-14)9-25-31(15)18(30-17)26-12-3-4-12/h1-2,5-7,9,12,32H,3-4,8H2,(H,24,26,30)(H2,27,29,33)/b11-7+. The topological polar surface area (TPSA) is 146 Å². The van der Waals surface area contributed by atoms with Gasteiger partial charge in [0, 0.05) is 11.8 Å². The Bertz CT molecular complexity index is 1520. The molecule has 0 bridgehead atoms. The predicted molar refractivity (Wildman–Crippen MR) is 112 cm³/mol. The van der Waals surface area contributed by atoms with Gasteiger partial charge >= 0.3 is 12.1 Å². The molecule has 176 valence electrons. The van der Waals surface area contributed by atoms with Crippen LogP contribution in [0.1, 0.15) is 24.1 Å². The van der Waals surface area contributed by atoms with Crippen LogP contribution < -0.4 is 26.6 Å². The molecule has 0 spiro atoms. The molecule has 0 amide bonds. The van der Waals surface area contributed by atoms with Crippen molar-refractivity contribution in [1.29, 1.82) is 0 Å². The van der Waals surface area contributed by atoms with Crippen molar-refractivity contribution < 1.29 is 23.0 Å². The zero-order chi connectivity index (χ0) is 23.9. The van der Waals surface area contributed by atoms with Crippen molar-refractivity contribution in [3.8, 4) is 11.6 Å². The Labute approximate surface area is 187 Å². The lowest BCUT2D eigenvalue weighted by Gasteiger charge is -2.10. The monoisotopic (exact) mass is 474 g/mol. The van der Waals surface area contributed by atoms with E-state index in [0.29, 0.717) is 22.0 Å². The molecule has 3 heterocycles. The van der Waals surface area contributed by atoms with Gasteiger partial charge < -0.3 is 20.1 Å². The third-order valence-electron chi connectivity index (χ3n) is 4.87. The van der Waals surface area contributed by atoms with Crippen LogP contribution in [0, 0.1) is 0 Å². The second-order valence-electron chi connectivity index (χ2n) is 7.57. The normalized spacial score (nSPS) is 15.3. The van der Waals surface area contributed by atoms with E-state index in [1.807, 2.05) is 0 Å². The Morgan fingerprint density at radius 3 is 2.65 bits per heavy atom. The number of aromatic nitrogens is 6. The molecule has 34 heavy (non-hydrogen) atoms. The summed E-state index contributed by atoms with van der Waals surface area (Å²) in [6.45, 7) is 0.227. The molecular formula is C20H17F3N8O3. The van der Waals surface area contributed by atoms with Crippen molar-refractivity contribution in [2.45, 2.75) is 31.8 Å². The van der Waals surface area contributed by atoms with Crippen molar-refractivity contribution >= 4 is 17.7 Å². The van der Waals surface area contributed by atoms with E-state index in [2.05, 4.69) is 40.1 Å². The minimum Gasteiger partial charge on any atom is -0.493 e. The summed E-state index contributed by atoms with van der Waals surface area (Å²) in [4.78, 5) is 29.6. The van der Waals surface area contributed by atoms with E-state index in [9.17, 15) is 23.1 Å². The number of imidazole rings is 1. The number of rotatable bonds is 6. The van der Waals surface area contributed by atoms with Crippen LogP contribution in [0.4, 0.5) is 19.1 Å². The van der Waals surface area contributed by atoms with Gasteiger partial charge in [0.1, 0.15) is 11.4 Å². The minimum atomic E-state index is -4.76. The number of benzene rings is 1. The lowest BCUT2D eigenvalue weighted by Crippen LogP contribution is -2.24. The average molecular weight is 474 g/mol. The van der Waals surface area contributed by atoms with Crippen LogP contribution in [-0.2, 0) is 6.54 Å². The van der Waals surface area contributed by atoms with Gasteiger partial charge in [0.05, 0.1) is 12.2 Å². The number of H-pyrrole nitrogens is 2. The lowest BCUT2D eigenvalue weighted by atomic mass is 10.2. The third kappa shape index (κ3) is 4.84. The molecule has 0 aliphatic heterocycles. The zero-order valence-corrected chi connectivity index (χ0v) is 17.3. The highest BCUT2D eigenvalue weighted by atomic mass is 19.4. The quantitative estimate of drug-likeness (QED) is 0.326. The number of nitrogens with zero attached hydrogens (tertiary/aromatic N) is 5. The van der Waals surface area contributed by atoms with Crippen molar-refractivity contribution in [3.05, 3.63) is 63.0 Å². The number of alkyl halides is 3.